The Balaban J connectivity index is 2.61. The monoisotopic (exact) mass is 241 g/mol. The van der Waals surface area contributed by atoms with E-state index < -0.39 is 0 Å². The second-order valence-corrected chi connectivity index (χ2v) is 5.18. The van der Waals surface area contributed by atoms with Crippen LogP contribution in [-0.4, -0.2) is 24.5 Å². The number of nitrogens with zero attached hydrogens (tertiary/aromatic N) is 1. The zero-order chi connectivity index (χ0) is 12.2. The first-order chi connectivity index (χ1) is 7.45. The predicted octanol–water partition coefficient (Wildman–Crippen LogP) is 1.41. The lowest BCUT2D eigenvalue weighted by Gasteiger charge is -2.23. The maximum Gasteiger partial charge on any atom is 0.222 e. The smallest absolute Gasteiger partial charge is 0.222 e. The van der Waals surface area contributed by atoms with E-state index in [0.717, 1.165) is 10.7 Å². The van der Waals surface area contributed by atoms with Gasteiger partial charge >= 0.3 is 0 Å². The van der Waals surface area contributed by atoms with Crippen LogP contribution >= 0.6 is 11.3 Å². The normalized spacial score (nSPS) is 11.5. The van der Waals surface area contributed by atoms with Crippen LogP contribution in [0.15, 0.2) is 5.38 Å². The Kier molecular flexibility index (Phi) is 4.44. The summed E-state index contributed by atoms with van der Waals surface area (Å²) in [5, 5.41) is 8.89. The summed E-state index contributed by atoms with van der Waals surface area (Å²) in [7, 11) is 1.84. The quantitative estimate of drug-likeness (QED) is 0.819. The molecule has 0 fully saturated rings. The Hall–Kier alpha value is -0.940. The van der Waals surface area contributed by atoms with Gasteiger partial charge in [0.1, 0.15) is 5.01 Å². The topological polar surface area (TPSA) is 54.0 Å². The third-order valence-electron chi connectivity index (χ3n) is 2.21. The van der Waals surface area contributed by atoms with E-state index in [1.54, 1.807) is 11.3 Å². The fourth-order valence-corrected chi connectivity index (χ4v) is 2.22. The van der Waals surface area contributed by atoms with Crippen molar-refractivity contribution in [1.82, 2.24) is 15.6 Å². The predicted molar refractivity (Wildman–Crippen MR) is 66.6 cm³/mol. The van der Waals surface area contributed by atoms with E-state index in [4.69, 9.17) is 0 Å². The molecule has 16 heavy (non-hydrogen) atoms. The number of nitrogens with one attached hydrogen (secondary N) is 2. The number of aryl methyl sites for hydroxylation is 1. The summed E-state index contributed by atoms with van der Waals surface area (Å²) in [6.45, 7) is 6.60. The molecule has 0 saturated heterocycles. The fourth-order valence-electron chi connectivity index (χ4n) is 1.34. The van der Waals surface area contributed by atoms with Crippen molar-refractivity contribution in [2.45, 2.75) is 32.7 Å². The highest BCUT2D eigenvalue weighted by atomic mass is 32.1. The fraction of sp³-hybridized carbons (Fsp3) is 0.636. The van der Waals surface area contributed by atoms with Gasteiger partial charge in [-0.25, -0.2) is 4.98 Å². The van der Waals surface area contributed by atoms with Crippen molar-refractivity contribution in [3.8, 4) is 0 Å². The minimum absolute atomic E-state index is 0.0483. The lowest BCUT2D eigenvalue weighted by molar-refractivity contribution is -0.122. The Labute approximate surface area is 100 Å². The summed E-state index contributed by atoms with van der Waals surface area (Å²) in [5.74, 6) is 0.0483. The Morgan fingerprint density at radius 2 is 2.25 bits per heavy atom. The van der Waals surface area contributed by atoms with Crippen LogP contribution in [0.4, 0.5) is 0 Å². The average Bonchev–Trinajstić information content (AvgIpc) is 2.62. The summed E-state index contributed by atoms with van der Waals surface area (Å²) in [6.07, 6.45) is 0.490. The second-order valence-electron chi connectivity index (χ2n) is 4.32. The lowest BCUT2D eigenvalue weighted by atomic mass is 10.1. The zero-order valence-corrected chi connectivity index (χ0v) is 11.1. The second kappa shape index (κ2) is 5.41. The zero-order valence-electron chi connectivity index (χ0n) is 10.3. The number of carbonyl (C=O) groups excluding carboxylic acids is 1. The van der Waals surface area contributed by atoms with Gasteiger partial charge in [0.25, 0.3) is 0 Å². The van der Waals surface area contributed by atoms with Crippen LogP contribution < -0.4 is 10.6 Å². The molecule has 0 radical (unpaired) electrons. The SMILES string of the molecule is CNCCC(=O)NC(C)(C)c1nc(C)cs1. The molecule has 1 amide bonds. The van der Waals surface area contributed by atoms with Crippen LogP contribution in [0.3, 0.4) is 0 Å². The highest BCUT2D eigenvalue weighted by Gasteiger charge is 2.25. The van der Waals surface area contributed by atoms with E-state index in [-0.39, 0.29) is 11.4 Å². The highest BCUT2D eigenvalue weighted by Crippen LogP contribution is 2.23. The van der Waals surface area contributed by atoms with Gasteiger partial charge in [0.05, 0.1) is 5.54 Å². The molecular weight excluding hydrogens is 222 g/mol. The molecule has 1 aromatic rings. The van der Waals surface area contributed by atoms with Gasteiger partial charge in [0.15, 0.2) is 0 Å². The minimum atomic E-state index is -0.385. The third kappa shape index (κ3) is 3.57. The lowest BCUT2D eigenvalue weighted by Crippen LogP contribution is -2.41. The Morgan fingerprint density at radius 3 is 2.75 bits per heavy atom. The van der Waals surface area contributed by atoms with E-state index in [1.165, 1.54) is 0 Å². The molecule has 0 bridgehead atoms. The molecule has 0 aliphatic heterocycles. The number of aromatic nitrogens is 1. The van der Waals surface area contributed by atoms with Gasteiger partial charge in [0.2, 0.25) is 5.91 Å². The summed E-state index contributed by atoms with van der Waals surface area (Å²) >= 11 is 1.58. The molecule has 0 unspecified atom stereocenters. The van der Waals surface area contributed by atoms with Crippen molar-refractivity contribution < 1.29 is 4.79 Å². The van der Waals surface area contributed by atoms with Gasteiger partial charge in [-0.1, -0.05) is 0 Å². The summed E-state index contributed by atoms with van der Waals surface area (Å²) in [4.78, 5) is 16.0. The van der Waals surface area contributed by atoms with Gasteiger partial charge in [-0.15, -0.1) is 11.3 Å². The molecule has 1 rings (SSSR count). The number of hydrogen-bond acceptors (Lipinski definition) is 4. The third-order valence-corrected chi connectivity index (χ3v) is 3.49. The highest BCUT2D eigenvalue weighted by molar-refractivity contribution is 7.09. The van der Waals surface area contributed by atoms with Crippen molar-refractivity contribution in [1.29, 1.82) is 0 Å². The van der Waals surface area contributed by atoms with Crippen LogP contribution in [-0.2, 0) is 10.3 Å². The van der Waals surface area contributed by atoms with Crippen LogP contribution in [0.5, 0.6) is 0 Å². The molecule has 2 N–H and O–H groups in total. The van der Waals surface area contributed by atoms with E-state index >= 15 is 0 Å². The summed E-state index contributed by atoms with van der Waals surface area (Å²) < 4.78 is 0. The molecular formula is C11H19N3OS. The van der Waals surface area contributed by atoms with Crippen molar-refractivity contribution in [2.75, 3.05) is 13.6 Å². The molecule has 1 heterocycles. The first kappa shape index (κ1) is 13.1. The maximum atomic E-state index is 11.6. The molecule has 4 nitrogen and oxygen atoms in total. The van der Waals surface area contributed by atoms with Gasteiger partial charge in [-0.3, -0.25) is 4.79 Å². The molecule has 0 saturated carbocycles. The first-order valence-electron chi connectivity index (χ1n) is 5.34. The minimum Gasteiger partial charge on any atom is -0.345 e. The van der Waals surface area contributed by atoms with Crippen molar-refractivity contribution in [2.24, 2.45) is 0 Å². The number of hydrogen-bond donors (Lipinski definition) is 2. The van der Waals surface area contributed by atoms with Gasteiger partial charge in [-0.05, 0) is 27.8 Å². The van der Waals surface area contributed by atoms with Crippen LogP contribution in [0.1, 0.15) is 31.0 Å². The van der Waals surface area contributed by atoms with E-state index in [9.17, 15) is 4.79 Å². The molecule has 90 valence electrons. The molecule has 0 atom stereocenters. The van der Waals surface area contributed by atoms with Gasteiger partial charge in [0, 0.05) is 24.0 Å². The number of amides is 1. The largest absolute Gasteiger partial charge is 0.345 e. The van der Waals surface area contributed by atoms with E-state index in [0.29, 0.717) is 13.0 Å². The van der Waals surface area contributed by atoms with Gasteiger partial charge < -0.3 is 10.6 Å². The maximum absolute atomic E-state index is 11.6. The molecule has 0 aliphatic carbocycles. The van der Waals surface area contributed by atoms with Crippen LogP contribution in [0.2, 0.25) is 0 Å². The molecule has 0 aliphatic rings. The first-order valence-corrected chi connectivity index (χ1v) is 6.22. The summed E-state index contributed by atoms with van der Waals surface area (Å²) in [6, 6.07) is 0. The molecule has 5 heteroatoms. The molecule has 0 aromatic carbocycles. The van der Waals surface area contributed by atoms with Gasteiger partial charge in [-0.2, -0.15) is 0 Å². The number of thiazole rings is 1. The summed E-state index contributed by atoms with van der Waals surface area (Å²) in [5.41, 5.74) is 0.613. The molecule has 0 spiro atoms. The van der Waals surface area contributed by atoms with Crippen molar-refractivity contribution in [3.63, 3.8) is 0 Å². The van der Waals surface area contributed by atoms with E-state index in [2.05, 4.69) is 15.6 Å². The standard InChI is InChI=1S/C11H19N3OS/c1-8-7-16-10(13-8)11(2,3)14-9(15)5-6-12-4/h7,12H,5-6H2,1-4H3,(H,14,15). The van der Waals surface area contributed by atoms with E-state index in [1.807, 2.05) is 33.2 Å². The average molecular weight is 241 g/mol. The number of carbonyl (C=O) groups is 1. The molecule has 1 aromatic heterocycles. The Bertz CT molecular complexity index is 360. The van der Waals surface area contributed by atoms with Crippen molar-refractivity contribution >= 4 is 17.2 Å². The van der Waals surface area contributed by atoms with Crippen LogP contribution in [0, 0.1) is 6.92 Å². The van der Waals surface area contributed by atoms with Crippen molar-refractivity contribution in [3.05, 3.63) is 16.1 Å². The van der Waals surface area contributed by atoms with Crippen LogP contribution in [0.25, 0.3) is 0 Å². The number of rotatable bonds is 5. The Morgan fingerprint density at radius 1 is 1.56 bits per heavy atom.